The van der Waals surface area contributed by atoms with Crippen molar-refractivity contribution in [2.24, 2.45) is 0 Å². The third kappa shape index (κ3) is 4.60. The number of halogens is 9. The first-order valence-corrected chi connectivity index (χ1v) is 10.3. The fourth-order valence-corrected chi connectivity index (χ4v) is 3.80. The highest BCUT2D eigenvalue weighted by molar-refractivity contribution is 6.84. The Morgan fingerprint density at radius 3 is 1.78 bits per heavy atom. The van der Waals surface area contributed by atoms with Gasteiger partial charge in [0.25, 0.3) is 0 Å². The molecule has 0 aliphatic heterocycles. The first-order valence-electron chi connectivity index (χ1n) is 7.41. The van der Waals surface area contributed by atoms with Crippen LogP contribution in [-0.4, -0.2) is 38.9 Å². The van der Waals surface area contributed by atoms with E-state index in [1.54, 1.807) is 0 Å². The molecule has 11 heteroatoms. The second-order valence-electron chi connectivity index (χ2n) is 6.18. The van der Waals surface area contributed by atoms with Crippen LogP contribution in [0, 0.1) is 12.3 Å². The average Bonchev–Trinajstić information content (AvgIpc) is 2.53. The summed E-state index contributed by atoms with van der Waals surface area (Å²) >= 11 is 0. The first-order chi connectivity index (χ1) is 12.0. The summed E-state index contributed by atoms with van der Waals surface area (Å²) in [5.41, 5.74) is 0.518. The molecule has 0 aromatic heterocycles. The summed E-state index contributed by atoms with van der Waals surface area (Å²) in [4.78, 5) is 0. The summed E-state index contributed by atoms with van der Waals surface area (Å²) in [5, 5.41) is 0.539. The predicted octanol–water partition coefficient (Wildman–Crippen LogP) is 4.95. The van der Waals surface area contributed by atoms with Gasteiger partial charge in [0, 0.05) is 18.6 Å². The van der Waals surface area contributed by atoms with Crippen LogP contribution in [0.15, 0.2) is 24.3 Å². The van der Waals surface area contributed by atoms with Gasteiger partial charge in [-0.05, 0) is 30.4 Å². The summed E-state index contributed by atoms with van der Waals surface area (Å²) in [6.45, 7) is 1.89. The van der Waals surface area contributed by atoms with E-state index in [1.807, 2.05) is 0 Å². The first kappa shape index (κ1) is 23.4. The highest BCUT2D eigenvalue weighted by Gasteiger charge is 2.81. The second-order valence-corrected chi connectivity index (χ2v) is 10.1. The summed E-state index contributed by atoms with van der Waals surface area (Å²) in [5.74, 6) is -16.8. The van der Waals surface area contributed by atoms with Crippen LogP contribution >= 0.6 is 0 Å². The van der Waals surface area contributed by atoms with Gasteiger partial charge in [0.2, 0.25) is 8.32 Å². The number of hydrogen-bond donors (Lipinski definition) is 0. The molecule has 152 valence electrons. The van der Waals surface area contributed by atoms with Crippen molar-refractivity contribution >= 4 is 13.5 Å². The highest BCUT2D eigenvalue weighted by atomic mass is 28.4. The maximum absolute atomic E-state index is 13.5. The number of alkyl halides is 9. The Kier molecular flexibility index (Phi) is 6.39. The molecule has 0 bridgehead atoms. The maximum Gasteiger partial charge on any atom is 0.460 e. The maximum atomic E-state index is 13.5. The van der Waals surface area contributed by atoms with Gasteiger partial charge < -0.3 is 4.43 Å². The molecule has 1 nitrogen and oxygen atoms in total. The molecule has 0 aliphatic rings. The van der Waals surface area contributed by atoms with Gasteiger partial charge in [-0.25, -0.2) is 0 Å². The Hall–Kier alpha value is -1.67. The minimum absolute atomic E-state index is 0.518. The zero-order chi connectivity index (χ0) is 21.3. The van der Waals surface area contributed by atoms with E-state index in [9.17, 15) is 39.5 Å². The molecule has 0 N–H and O–H groups in total. The van der Waals surface area contributed by atoms with Gasteiger partial charge in [-0.3, -0.25) is 0 Å². The minimum Gasteiger partial charge on any atom is -0.413 e. The molecule has 27 heavy (non-hydrogen) atoms. The van der Waals surface area contributed by atoms with Crippen LogP contribution in [0.5, 0.6) is 0 Å². The third-order valence-electron chi connectivity index (χ3n) is 3.84. The van der Waals surface area contributed by atoms with Crippen molar-refractivity contribution < 1.29 is 43.9 Å². The van der Waals surface area contributed by atoms with Crippen LogP contribution < -0.4 is 5.19 Å². The number of terminal acetylenes is 1. The van der Waals surface area contributed by atoms with E-state index in [4.69, 9.17) is 10.8 Å². The number of benzene rings is 1. The van der Waals surface area contributed by atoms with E-state index >= 15 is 0 Å². The third-order valence-corrected chi connectivity index (χ3v) is 6.48. The molecule has 0 aliphatic carbocycles. The zero-order valence-electron chi connectivity index (χ0n) is 14.1. The van der Waals surface area contributed by atoms with Gasteiger partial charge >= 0.3 is 23.9 Å². The van der Waals surface area contributed by atoms with E-state index < -0.39 is 45.3 Å². The van der Waals surface area contributed by atoms with Crippen LogP contribution in [-0.2, 0) is 4.43 Å². The Morgan fingerprint density at radius 2 is 1.37 bits per heavy atom. The van der Waals surface area contributed by atoms with Gasteiger partial charge in [-0.15, -0.1) is 6.42 Å². The van der Waals surface area contributed by atoms with Crippen molar-refractivity contribution in [2.45, 2.75) is 43.5 Å². The molecule has 0 saturated carbocycles. The molecule has 0 heterocycles. The summed E-state index contributed by atoms with van der Waals surface area (Å²) in [7, 11) is -2.91. The molecule has 1 aromatic rings. The van der Waals surface area contributed by atoms with Crippen molar-refractivity contribution in [1.82, 2.24) is 0 Å². The van der Waals surface area contributed by atoms with E-state index in [-0.39, 0.29) is 0 Å². The van der Waals surface area contributed by atoms with Gasteiger partial charge in [-0.2, -0.15) is 39.5 Å². The SMILES string of the molecule is C#Cc1ccc([Si](C)(C)OCCC(F)(F)C(F)(F)C(F)(F)C(F)(F)F)cc1. The topological polar surface area (TPSA) is 9.23 Å². The van der Waals surface area contributed by atoms with Crippen LogP contribution in [0.4, 0.5) is 39.5 Å². The minimum atomic E-state index is -6.89. The van der Waals surface area contributed by atoms with Crippen molar-refractivity contribution in [1.29, 1.82) is 0 Å². The zero-order valence-corrected chi connectivity index (χ0v) is 15.1. The Balaban J connectivity index is 2.87. The molecule has 0 atom stereocenters. The highest BCUT2D eigenvalue weighted by Crippen LogP contribution is 2.53. The van der Waals surface area contributed by atoms with Gasteiger partial charge in [-0.1, -0.05) is 18.1 Å². The average molecular weight is 422 g/mol. The number of hydrogen-bond acceptors (Lipinski definition) is 1. The monoisotopic (exact) mass is 422 g/mol. The summed E-state index contributed by atoms with van der Waals surface area (Å²) in [6.07, 6.45) is -3.66. The lowest BCUT2D eigenvalue weighted by Gasteiger charge is -2.34. The molecule has 0 spiro atoms. The van der Waals surface area contributed by atoms with Crippen LogP contribution in [0.3, 0.4) is 0 Å². The van der Waals surface area contributed by atoms with Crippen LogP contribution in [0.1, 0.15) is 12.0 Å². The normalized spacial score (nSPS) is 14.1. The lowest BCUT2D eigenvalue weighted by Crippen LogP contribution is -2.61. The molecule has 0 amide bonds. The molecule has 0 unspecified atom stereocenters. The van der Waals surface area contributed by atoms with Gasteiger partial charge in [0.05, 0.1) is 0 Å². The van der Waals surface area contributed by atoms with E-state index in [0.717, 1.165) is 0 Å². The lowest BCUT2D eigenvalue weighted by atomic mass is 10.0. The Morgan fingerprint density at radius 1 is 0.889 bits per heavy atom. The largest absolute Gasteiger partial charge is 0.460 e. The molecular weight excluding hydrogens is 407 g/mol. The molecule has 1 aromatic carbocycles. The summed E-state index contributed by atoms with van der Waals surface area (Å²) in [6, 6.07) is 6.12. The molecule has 0 fully saturated rings. The quantitative estimate of drug-likeness (QED) is 0.343. The van der Waals surface area contributed by atoms with Crippen molar-refractivity contribution in [3.8, 4) is 12.3 Å². The fourth-order valence-electron chi connectivity index (χ4n) is 2.05. The van der Waals surface area contributed by atoms with Crippen LogP contribution in [0.2, 0.25) is 13.1 Å². The van der Waals surface area contributed by atoms with Crippen molar-refractivity contribution in [3.63, 3.8) is 0 Å². The molecule has 0 saturated heterocycles. The van der Waals surface area contributed by atoms with Crippen molar-refractivity contribution in [2.75, 3.05) is 6.61 Å². The van der Waals surface area contributed by atoms with Gasteiger partial charge in [0.15, 0.2) is 0 Å². The molecule has 0 radical (unpaired) electrons. The lowest BCUT2D eigenvalue weighted by molar-refractivity contribution is -0.397. The fraction of sp³-hybridized carbons (Fsp3) is 0.500. The second kappa shape index (κ2) is 7.39. The molecule has 1 rings (SSSR count). The van der Waals surface area contributed by atoms with Gasteiger partial charge in [0.1, 0.15) is 0 Å². The Labute approximate surface area is 150 Å². The molecular formula is C16H15F9OSi. The van der Waals surface area contributed by atoms with E-state index in [2.05, 4.69) is 5.92 Å². The summed E-state index contributed by atoms with van der Waals surface area (Å²) < 4.78 is 120. The van der Waals surface area contributed by atoms with Crippen molar-refractivity contribution in [3.05, 3.63) is 29.8 Å². The smallest absolute Gasteiger partial charge is 0.413 e. The van der Waals surface area contributed by atoms with Crippen LogP contribution in [0.25, 0.3) is 0 Å². The Bertz CT molecular complexity index is 687. The standard InChI is InChI=1S/C16H15F9OSi/c1-4-11-5-7-12(8-6-11)27(2,3)26-10-9-13(17,18)14(19,20)15(21,22)16(23,24)25/h1,5-8H,9-10H2,2-3H3. The van der Waals surface area contributed by atoms with E-state index in [1.165, 1.54) is 37.4 Å². The van der Waals surface area contributed by atoms with E-state index in [0.29, 0.717) is 10.8 Å². The predicted molar refractivity (Wildman–Crippen MR) is 83.0 cm³/mol. The number of rotatable bonds is 7.